The van der Waals surface area contributed by atoms with E-state index in [-0.39, 0.29) is 7.33 Å². The number of hydrogen-bond donors (Lipinski definition) is 1. The van der Waals surface area contributed by atoms with Crippen LogP contribution >= 0.6 is 0 Å². The van der Waals surface area contributed by atoms with Crippen molar-refractivity contribution >= 4 is 5.91 Å². The summed E-state index contributed by atoms with van der Waals surface area (Å²) in [6.45, 7) is 4.69. The van der Waals surface area contributed by atoms with Gasteiger partial charge in [-0.25, -0.2) is 0 Å². The molecule has 0 aliphatic rings. The molecule has 0 heterocycles. The number of hydrogen-bond acceptors (Lipinski definition) is 1. The van der Waals surface area contributed by atoms with Crippen LogP contribution in [0.15, 0.2) is 24.3 Å². The summed E-state index contributed by atoms with van der Waals surface area (Å²) in [5, 5.41) is 2.76. The van der Waals surface area contributed by atoms with Crippen molar-refractivity contribution in [3.8, 4) is 0 Å². The maximum Gasteiger partial charge on any atom is 0.251 e. The normalized spacial score (nSPS) is 9.69. The number of carbonyl (C=O) groups is 1. The van der Waals surface area contributed by atoms with Gasteiger partial charge < -0.3 is 5.32 Å². The van der Waals surface area contributed by atoms with Crippen LogP contribution in [-0.2, 0) is 6.42 Å². The first-order chi connectivity index (χ1) is 6.27. The molecule has 0 saturated carbocycles. The molecule has 1 amide bonds. The summed E-state index contributed by atoms with van der Waals surface area (Å²) in [5.41, 5.74) is 1.99. The van der Waals surface area contributed by atoms with E-state index >= 15 is 0 Å². The van der Waals surface area contributed by atoms with Crippen LogP contribution in [0.2, 0.25) is 0 Å². The Labute approximate surface area is 80.5 Å². The van der Waals surface area contributed by atoms with Gasteiger partial charge in [0.2, 0.25) is 0 Å². The fraction of sp³-hybridized carbons (Fsp3) is 0.364. The van der Waals surface area contributed by atoms with Crippen molar-refractivity contribution in [3.63, 3.8) is 0 Å². The third-order valence-electron chi connectivity index (χ3n) is 1.96. The Morgan fingerprint density at radius 3 is 2.38 bits per heavy atom. The quantitative estimate of drug-likeness (QED) is 0.757. The Hall–Kier alpha value is -1.31. The highest BCUT2D eigenvalue weighted by molar-refractivity contribution is 5.94. The van der Waals surface area contributed by atoms with Crippen LogP contribution < -0.4 is 5.32 Å². The first kappa shape index (κ1) is 9.78. The van der Waals surface area contributed by atoms with Crippen LogP contribution in [0.5, 0.6) is 0 Å². The Morgan fingerprint density at radius 2 is 1.92 bits per heavy atom. The van der Waals surface area contributed by atoms with Gasteiger partial charge in [-0.3, -0.25) is 4.79 Å². The molecule has 0 aromatic heterocycles. The predicted molar refractivity (Wildman–Crippen MR) is 55.9 cm³/mol. The maximum absolute atomic E-state index is 11.3. The van der Waals surface area contributed by atoms with Crippen LogP contribution in [0.25, 0.3) is 0 Å². The second kappa shape index (κ2) is 4.65. The molecule has 0 saturated heterocycles. The van der Waals surface area contributed by atoms with Crippen LogP contribution in [0.1, 0.15) is 31.2 Å². The Balaban J connectivity index is 0.00000169. The molecule has 0 radical (unpaired) electrons. The number of rotatable bonds is 3. The summed E-state index contributed by atoms with van der Waals surface area (Å²) in [5.74, 6) is 0.00477. The lowest BCUT2D eigenvalue weighted by Crippen LogP contribution is -2.22. The van der Waals surface area contributed by atoms with Gasteiger partial charge in [0.1, 0.15) is 0 Å². The van der Waals surface area contributed by atoms with E-state index < -0.39 is 0 Å². The summed E-state index contributed by atoms with van der Waals surface area (Å²) in [4.78, 5) is 11.3. The molecule has 2 nitrogen and oxygen atoms in total. The highest BCUT2D eigenvalue weighted by atomic mass is 16.1. The van der Waals surface area contributed by atoms with Gasteiger partial charge in [-0.15, -0.1) is 0 Å². The molecule has 1 rings (SSSR count). The van der Waals surface area contributed by atoms with E-state index in [0.717, 1.165) is 12.0 Å². The molecular formula is C11H17NO. The molecule has 0 bridgehead atoms. The van der Waals surface area contributed by atoms with Crippen molar-refractivity contribution in [2.24, 2.45) is 0 Å². The van der Waals surface area contributed by atoms with Gasteiger partial charge in [0.05, 0.1) is 0 Å². The molecule has 13 heavy (non-hydrogen) atoms. The molecule has 0 unspecified atom stereocenters. The SMILES string of the molecule is CCNC(=O)c1ccc(CC)cc1.[HH]. The first-order valence-corrected chi connectivity index (χ1v) is 4.65. The summed E-state index contributed by atoms with van der Waals surface area (Å²) in [6.07, 6.45) is 1.01. The standard InChI is InChI=1S/C11H15NO.H2/c1-3-9-5-7-10(8-6-9)11(13)12-4-2;/h5-8H,3-4H2,1-2H3,(H,12,13);1H. The lowest BCUT2D eigenvalue weighted by Gasteiger charge is -2.02. The van der Waals surface area contributed by atoms with Crippen molar-refractivity contribution in [2.45, 2.75) is 20.3 Å². The lowest BCUT2D eigenvalue weighted by atomic mass is 10.1. The second-order valence-electron chi connectivity index (χ2n) is 2.91. The summed E-state index contributed by atoms with van der Waals surface area (Å²) < 4.78 is 0. The topological polar surface area (TPSA) is 29.1 Å². The van der Waals surface area contributed by atoms with Gasteiger partial charge in [0, 0.05) is 13.5 Å². The van der Waals surface area contributed by atoms with Crippen LogP contribution in [0, 0.1) is 0 Å². The molecule has 1 aromatic carbocycles. The van der Waals surface area contributed by atoms with Crippen LogP contribution in [0.4, 0.5) is 0 Å². The summed E-state index contributed by atoms with van der Waals surface area (Å²) in [7, 11) is 0. The predicted octanol–water partition coefficient (Wildman–Crippen LogP) is 2.24. The molecular weight excluding hydrogens is 162 g/mol. The first-order valence-electron chi connectivity index (χ1n) is 4.65. The van der Waals surface area contributed by atoms with E-state index in [4.69, 9.17) is 0 Å². The van der Waals surface area contributed by atoms with Crippen molar-refractivity contribution in [2.75, 3.05) is 6.54 Å². The van der Waals surface area contributed by atoms with Gasteiger partial charge in [-0.05, 0) is 31.0 Å². The Morgan fingerprint density at radius 1 is 1.31 bits per heavy atom. The molecule has 0 atom stereocenters. The van der Waals surface area contributed by atoms with Crippen molar-refractivity contribution < 1.29 is 6.22 Å². The highest BCUT2D eigenvalue weighted by Gasteiger charge is 2.01. The zero-order valence-electron chi connectivity index (χ0n) is 8.13. The maximum atomic E-state index is 11.3. The average molecular weight is 179 g/mol. The molecule has 2 heteroatoms. The smallest absolute Gasteiger partial charge is 0.251 e. The van der Waals surface area contributed by atoms with Crippen molar-refractivity contribution in [1.82, 2.24) is 5.32 Å². The monoisotopic (exact) mass is 179 g/mol. The number of nitrogens with one attached hydrogen (secondary N) is 1. The van der Waals surface area contributed by atoms with E-state index in [0.29, 0.717) is 6.54 Å². The van der Waals surface area contributed by atoms with Gasteiger partial charge >= 0.3 is 0 Å². The average Bonchev–Trinajstić information content (AvgIpc) is 2.18. The zero-order chi connectivity index (χ0) is 9.68. The minimum absolute atomic E-state index is 0. The molecule has 1 aromatic rings. The Kier molecular flexibility index (Phi) is 3.50. The van der Waals surface area contributed by atoms with E-state index in [2.05, 4.69) is 12.2 Å². The third-order valence-corrected chi connectivity index (χ3v) is 1.96. The van der Waals surface area contributed by atoms with Gasteiger partial charge in [0.25, 0.3) is 5.91 Å². The summed E-state index contributed by atoms with van der Waals surface area (Å²) >= 11 is 0. The molecule has 0 aliphatic heterocycles. The van der Waals surface area contributed by atoms with Gasteiger partial charge in [0.15, 0.2) is 0 Å². The number of amides is 1. The Bertz CT molecular complexity index is 282. The zero-order valence-corrected chi connectivity index (χ0v) is 8.13. The van der Waals surface area contributed by atoms with Gasteiger partial charge in [-0.1, -0.05) is 19.1 Å². The minimum atomic E-state index is 0. The highest BCUT2D eigenvalue weighted by Crippen LogP contribution is 2.04. The molecule has 72 valence electrons. The van der Waals surface area contributed by atoms with Crippen molar-refractivity contribution in [1.29, 1.82) is 0 Å². The molecule has 0 aliphatic carbocycles. The van der Waals surface area contributed by atoms with E-state index in [1.165, 1.54) is 5.56 Å². The third kappa shape index (κ3) is 2.58. The molecule has 0 fully saturated rings. The van der Waals surface area contributed by atoms with E-state index in [1.807, 2.05) is 31.2 Å². The second-order valence-corrected chi connectivity index (χ2v) is 2.91. The van der Waals surface area contributed by atoms with Crippen molar-refractivity contribution in [3.05, 3.63) is 35.4 Å². The van der Waals surface area contributed by atoms with Gasteiger partial charge in [-0.2, -0.15) is 0 Å². The molecule has 1 N–H and O–H groups in total. The van der Waals surface area contributed by atoms with E-state index in [9.17, 15) is 4.79 Å². The minimum Gasteiger partial charge on any atom is -0.352 e. The van der Waals surface area contributed by atoms with E-state index in [1.54, 1.807) is 0 Å². The molecule has 0 spiro atoms. The fourth-order valence-corrected chi connectivity index (χ4v) is 1.15. The van der Waals surface area contributed by atoms with Crippen LogP contribution in [0.3, 0.4) is 0 Å². The number of benzene rings is 1. The lowest BCUT2D eigenvalue weighted by molar-refractivity contribution is 0.0956. The number of aryl methyl sites for hydroxylation is 1. The summed E-state index contributed by atoms with van der Waals surface area (Å²) in [6, 6.07) is 7.71. The largest absolute Gasteiger partial charge is 0.352 e. The van der Waals surface area contributed by atoms with Crippen LogP contribution in [-0.4, -0.2) is 12.5 Å². The fourth-order valence-electron chi connectivity index (χ4n) is 1.15. The number of carbonyl (C=O) groups excluding carboxylic acids is 1.